The van der Waals surface area contributed by atoms with Gasteiger partial charge in [0.05, 0.1) is 18.4 Å². The second-order valence-corrected chi connectivity index (χ2v) is 4.27. The molecule has 1 aliphatic carbocycles. The van der Waals surface area contributed by atoms with Gasteiger partial charge < -0.3 is 11.1 Å². The summed E-state index contributed by atoms with van der Waals surface area (Å²) in [5, 5.41) is 12.1. The number of aromatic nitrogens is 1. The van der Waals surface area contributed by atoms with Crippen LogP contribution in [0.4, 0.5) is 10.2 Å². The number of aryl methyl sites for hydroxylation is 1. The third kappa shape index (κ3) is 3.67. The fourth-order valence-electron chi connectivity index (χ4n) is 1.82. The zero-order valence-corrected chi connectivity index (χ0v) is 10.8. The van der Waals surface area contributed by atoms with Crippen molar-refractivity contribution in [2.75, 3.05) is 19.0 Å². The van der Waals surface area contributed by atoms with Crippen LogP contribution in [0.3, 0.4) is 0 Å². The highest BCUT2D eigenvalue weighted by Gasteiger charge is 2.30. The molecule has 1 fully saturated rings. The molecule has 1 aromatic heterocycles. The van der Waals surface area contributed by atoms with Crippen LogP contribution in [0.5, 0.6) is 0 Å². The number of anilines is 1. The van der Waals surface area contributed by atoms with Crippen LogP contribution in [0.15, 0.2) is 12.1 Å². The molecule has 3 N–H and O–H groups in total. The Morgan fingerprint density at radius 3 is 2.67 bits per heavy atom. The highest BCUT2D eigenvalue weighted by atomic mass is 19.1. The standard InChI is InChI=1S/C12H16N4.CH3F/c1-8-10(6-13)4-5-12(15-8)16-11(7-14)9-2-3-9;1-2/h4-5,9,11H,2-3,7,14H2,1H3,(H,15,16);1H3. The topological polar surface area (TPSA) is 74.7 Å². The highest BCUT2D eigenvalue weighted by Crippen LogP contribution is 2.33. The van der Waals surface area contributed by atoms with Crippen LogP contribution in [-0.4, -0.2) is 24.7 Å². The second-order valence-electron chi connectivity index (χ2n) is 4.27. The lowest BCUT2D eigenvalue weighted by molar-refractivity contribution is 0.636. The van der Waals surface area contributed by atoms with Gasteiger partial charge in [0.25, 0.3) is 0 Å². The Bertz CT molecular complexity index is 423. The van der Waals surface area contributed by atoms with Crippen LogP contribution in [0.2, 0.25) is 0 Å². The van der Waals surface area contributed by atoms with Crippen LogP contribution < -0.4 is 11.1 Å². The number of rotatable bonds is 4. The third-order valence-corrected chi connectivity index (χ3v) is 2.98. The number of nitrogens with zero attached hydrogens (tertiary/aromatic N) is 2. The predicted molar refractivity (Wildman–Crippen MR) is 69.9 cm³/mol. The van der Waals surface area contributed by atoms with E-state index in [-0.39, 0.29) is 0 Å². The zero-order valence-electron chi connectivity index (χ0n) is 10.8. The van der Waals surface area contributed by atoms with E-state index >= 15 is 0 Å². The first-order valence-electron chi connectivity index (χ1n) is 5.96. The average molecular weight is 250 g/mol. The lowest BCUT2D eigenvalue weighted by Gasteiger charge is -2.16. The van der Waals surface area contributed by atoms with Gasteiger partial charge in [-0.15, -0.1) is 0 Å². The summed E-state index contributed by atoms with van der Waals surface area (Å²) in [7, 11) is 0.500. The number of nitrogens with two attached hydrogens (primary N) is 1. The van der Waals surface area contributed by atoms with Crippen molar-refractivity contribution < 1.29 is 4.39 Å². The molecule has 0 spiro atoms. The molecule has 0 amide bonds. The van der Waals surface area contributed by atoms with Crippen LogP contribution in [-0.2, 0) is 0 Å². The number of halogens is 1. The molecule has 4 nitrogen and oxygen atoms in total. The molecular weight excluding hydrogens is 231 g/mol. The van der Waals surface area contributed by atoms with Gasteiger partial charge in [0.15, 0.2) is 0 Å². The van der Waals surface area contributed by atoms with E-state index < -0.39 is 0 Å². The molecule has 1 aromatic rings. The number of alkyl halides is 1. The molecule has 0 saturated heterocycles. The van der Waals surface area contributed by atoms with Crippen molar-refractivity contribution in [3.63, 3.8) is 0 Å². The predicted octanol–water partition coefficient (Wildman–Crippen LogP) is 2.00. The smallest absolute Gasteiger partial charge is 0.126 e. The van der Waals surface area contributed by atoms with Gasteiger partial charge in [-0.3, -0.25) is 4.39 Å². The summed E-state index contributed by atoms with van der Waals surface area (Å²) in [6.45, 7) is 2.48. The van der Waals surface area contributed by atoms with E-state index in [1.807, 2.05) is 13.0 Å². The van der Waals surface area contributed by atoms with E-state index in [0.717, 1.165) is 11.5 Å². The normalized spacial score (nSPS) is 15.1. The van der Waals surface area contributed by atoms with Gasteiger partial charge >= 0.3 is 0 Å². The number of nitriles is 1. The molecule has 0 aliphatic heterocycles. The minimum Gasteiger partial charge on any atom is -0.366 e. The van der Waals surface area contributed by atoms with Crippen molar-refractivity contribution in [2.45, 2.75) is 25.8 Å². The van der Waals surface area contributed by atoms with Gasteiger partial charge in [0.2, 0.25) is 0 Å². The summed E-state index contributed by atoms with van der Waals surface area (Å²) in [5.41, 5.74) is 7.10. The van der Waals surface area contributed by atoms with Gasteiger partial charge in [-0.1, -0.05) is 0 Å². The summed E-state index contributed by atoms with van der Waals surface area (Å²) in [6.07, 6.45) is 2.51. The van der Waals surface area contributed by atoms with Crippen molar-refractivity contribution in [2.24, 2.45) is 11.7 Å². The average Bonchev–Trinajstić information content (AvgIpc) is 3.23. The lowest BCUT2D eigenvalue weighted by atomic mass is 10.2. The summed E-state index contributed by atoms with van der Waals surface area (Å²) in [4.78, 5) is 4.35. The number of hydrogen-bond acceptors (Lipinski definition) is 4. The van der Waals surface area contributed by atoms with Crippen LogP contribution in [0, 0.1) is 24.2 Å². The van der Waals surface area contributed by atoms with Crippen molar-refractivity contribution in [1.82, 2.24) is 4.98 Å². The Kier molecular flexibility index (Phi) is 5.53. The molecule has 98 valence electrons. The summed E-state index contributed by atoms with van der Waals surface area (Å²) in [6, 6.07) is 6.07. The molecule has 1 aliphatic rings. The molecule has 18 heavy (non-hydrogen) atoms. The van der Waals surface area contributed by atoms with Gasteiger partial charge in [-0.25, -0.2) is 4.98 Å². The molecule has 1 heterocycles. The molecule has 1 unspecified atom stereocenters. The number of pyridine rings is 1. The molecule has 0 aromatic carbocycles. The van der Waals surface area contributed by atoms with E-state index in [9.17, 15) is 4.39 Å². The van der Waals surface area contributed by atoms with Crippen molar-refractivity contribution in [1.29, 1.82) is 5.26 Å². The van der Waals surface area contributed by atoms with E-state index in [1.165, 1.54) is 12.8 Å². The van der Waals surface area contributed by atoms with Crippen LogP contribution in [0.1, 0.15) is 24.1 Å². The molecule has 1 atom stereocenters. The van der Waals surface area contributed by atoms with E-state index in [2.05, 4.69) is 16.4 Å². The van der Waals surface area contributed by atoms with Crippen molar-refractivity contribution in [3.05, 3.63) is 23.4 Å². The van der Waals surface area contributed by atoms with Gasteiger partial charge in [0.1, 0.15) is 11.9 Å². The monoisotopic (exact) mass is 250 g/mol. The maximum Gasteiger partial charge on any atom is 0.126 e. The quantitative estimate of drug-likeness (QED) is 0.857. The Balaban J connectivity index is 0.000000771. The van der Waals surface area contributed by atoms with Crippen molar-refractivity contribution in [3.8, 4) is 6.07 Å². The largest absolute Gasteiger partial charge is 0.366 e. The molecule has 1 saturated carbocycles. The maximum atomic E-state index is 9.50. The molecular formula is C13H19FN4. The Morgan fingerprint density at radius 2 is 2.22 bits per heavy atom. The van der Waals surface area contributed by atoms with E-state index in [1.54, 1.807) is 6.07 Å². The summed E-state index contributed by atoms with van der Waals surface area (Å²) >= 11 is 0. The minimum atomic E-state index is 0.319. The molecule has 2 rings (SSSR count). The van der Waals surface area contributed by atoms with Gasteiger partial charge in [-0.05, 0) is 37.8 Å². The molecule has 5 heteroatoms. The first kappa shape index (κ1) is 14.4. The zero-order chi connectivity index (χ0) is 13.5. The van der Waals surface area contributed by atoms with Crippen LogP contribution in [0.25, 0.3) is 0 Å². The van der Waals surface area contributed by atoms with E-state index in [4.69, 9.17) is 11.0 Å². The SMILES string of the molecule is CF.Cc1nc(NC(CN)C2CC2)ccc1C#N. The fourth-order valence-corrected chi connectivity index (χ4v) is 1.82. The van der Waals surface area contributed by atoms with Gasteiger partial charge in [0, 0.05) is 12.6 Å². The Morgan fingerprint density at radius 1 is 1.56 bits per heavy atom. The Hall–Kier alpha value is -1.67. The summed E-state index contributed by atoms with van der Waals surface area (Å²) < 4.78 is 9.50. The fraction of sp³-hybridized carbons (Fsp3) is 0.538. The highest BCUT2D eigenvalue weighted by molar-refractivity contribution is 5.43. The first-order chi connectivity index (χ1) is 8.74. The molecule has 0 bridgehead atoms. The van der Waals surface area contributed by atoms with E-state index in [0.29, 0.717) is 31.2 Å². The number of nitrogens with one attached hydrogen (secondary N) is 1. The second kappa shape index (κ2) is 6.92. The third-order valence-electron chi connectivity index (χ3n) is 2.98. The first-order valence-corrected chi connectivity index (χ1v) is 5.96. The summed E-state index contributed by atoms with van der Waals surface area (Å²) in [5.74, 6) is 1.52. The van der Waals surface area contributed by atoms with Crippen LogP contribution >= 0.6 is 0 Å². The minimum absolute atomic E-state index is 0.319. The lowest BCUT2D eigenvalue weighted by Crippen LogP contribution is -2.31. The maximum absolute atomic E-state index is 9.50. The molecule has 0 radical (unpaired) electrons. The number of hydrogen-bond donors (Lipinski definition) is 2. The van der Waals surface area contributed by atoms with Crippen molar-refractivity contribution >= 4 is 5.82 Å². The van der Waals surface area contributed by atoms with Gasteiger partial charge in [-0.2, -0.15) is 5.26 Å². The Labute approximate surface area is 107 Å².